The molecule has 0 saturated heterocycles. The number of carbonyl (C=O) groups excluding carboxylic acids is 2. The van der Waals surface area contributed by atoms with Gasteiger partial charge in [0.15, 0.2) is 0 Å². The maximum absolute atomic E-state index is 12.7. The molecule has 23 heavy (non-hydrogen) atoms. The van der Waals surface area contributed by atoms with Gasteiger partial charge in [-0.1, -0.05) is 12.1 Å². The van der Waals surface area contributed by atoms with Gasteiger partial charge in [-0.15, -0.1) is 0 Å². The standard InChI is InChI=1S/C19H21NO3/c1-3-20(17-7-4-6-15(2)14-17)19(22)16-8-10-18(11-9-16)23-13-5-12-21/h4,6-12,14H,3,5,13H2,1-2H3. The SMILES string of the molecule is CCN(C(=O)c1ccc(OCCC=O)cc1)c1cccc(C)c1. The number of aldehydes is 1. The number of aryl methyl sites for hydroxylation is 1. The van der Waals surface area contributed by atoms with E-state index in [9.17, 15) is 9.59 Å². The predicted molar refractivity (Wildman–Crippen MR) is 91.1 cm³/mol. The summed E-state index contributed by atoms with van der Waals surface area (Å²) in [4.78, 5) is 24.7. The van der Waals surface area contributed by atoms with E-state index in [1.54, 1.807) is 29.2 Å². The van der Waals surface area contributed by atoms with E-state index in [2.05, 4.69) is 0 Å². The van der Waals surface area contributed by atoms with Crippen LogP contribution in [-0.2, 0) is 4.79 Å². The molecular weight excluding hydrogens is 290 g/mol. The Morgan fingerprint density at radius 1 is 1.17 bits per heavy atom. The topological polar surface area (TPSA) is 46.6 Å². The largest absolute Gasteiger partial charge is 0.493 e. The quantitative estimate of drug-likeness (QED) is 0.579. The molecule has 0 fully saturated rings. The molecule has 0 radical (unpaired) electrons. The van der Waals surface area contributed by atoms with Crippen LogP contribution in [0.25, 0.3) is 0 Å². The van der Waals surface area contributed by atoms with Gasteiger partial charge in [0.25, 0.3) is 5.91 Å². The summed E-state index contributed by atoms with van der Waals surface area (Å²) in [5.74, 6) is 0.611. The number of nitrogens with zero attached hydrogens (tertiary/aromatic N) is 1. The molecule has 120 valence electrons. The van der Waals surface area contributed by atoms with E-state index in [1.165, 1.54) is 0 Å². The highest BCUT2D eigenvalue weighted by Gasteiger charge is 2.16. The molecule has 0 aromatic heterocycles. The fourth-order valence-electron chi connectivity index (χ4n) is 2.31. The molecule has 0 aliphatic carbocycles. The second-order valence-electron chi connectivity index (χ2n) is 5.22. The van der Waals surface area contributed by atoms with E-state index in [0.29, 0.717) is 30.9 Å². The molecule has 0 saturated carbocycles. The van der Waals surface area contributed by atoms with E-state index in [0.717, 1.165) is 17.5 Å². The van der Waals surface area contributed by atoms with Crippen LogP contribution in [0.3, 0.4) is 0 Å². The van der Waals surface area contributed by atoms with Crippen molar-refractivity contribution in [2.75, 3.05) is 18.1 Å². The minimum absolute atomic E-state index is 0.0439. The highest BCUT2D eigenvalue weighted by molar-refractivity contribution is 6.06. The van der Waals surface area contributed by atoms with Crippen LogP contribution in [0.2, 0.25) is 0 Å². The van der Waals surface area contributed by atoms with Crippen LogP contribution in [-0.4, -0.2) is 25.3 Å². The second-order valence-corrected chi connectivity index (χ2v) is 5.22. The van der Waals surface area contributed by atoms with Gasteiger partial charge >= 0.3 is 0 Å². The van der Waals surface area contributed by atoms with Crippen LogP contribution >= 0.6 is 0 Å². The van der Waals surface area contributed by atoms with E-state index in [4.69, 9.17) is 4.74 Å². The Bertz CT molecular complexity index is 665. The number of benzene rings is 2. The average Bonchev–Trinajstić information content (AvgIpc) is 2.56. The van der Waals surface area contributed by atoms with Crippen molar-refractivity contribution in [1.82, 2.24) is 0 Å². The zero-order valence-corrected chi connectivity index (χ0v) is 13.5. The van der Waals surface area contributed by atoms with Gasteiger partial charge in [0.1, 0.15) is 12.0 Å². The van der Waals surface area contributed by atoms with E-state index >= 15 is 0 Å². The summed E-state index contributed by atoms with van der Waals surface area (Å²) >= 11 is 0. The minimum Gasteiger partial charge on any atom is -0.493 e. The minimum atomic E-state index is -0.0439. The van der Waals surface area contributed by atoms with Crippen molar-refractivity contribution in [3.05, 3.63) is 59.7 Å². The average molecular weight is 311 g/mol. The molecule has 4 nitrogen and oxygen atoms in total. The molecule has 2 rings (SSSR count). The van der Waals surface area contributed by atoms with Crippen LogP contribution in [0.4, 0.5) is 5.69 Å². The summed E-state index contributed by atoms with van der Waals surface area (Å²) in [5, 5.41) is 0. The number of ether oxygens (including phenoxy) is 1. The number of carbonyl (C=O) groups is 2. The number of hydrogen-bond donors (Lipinski definition) is 0. The van der Waals surface area contributed by atoms with Crippen molar-refractivity contribution in [3.8, 4) is 5.75 Å². The lowest BCUT2D eigenvalue weighted by Gasteiger charge is -2.21. The molecule has 0 N–H and O–H groups in total. The summed E-state index contributed by atoms with van der Waals surface area (Å²) in [7, 11) is 0. The van der Waals surface area contributed by atoms with Crippen LogP contribution in [0.15, 0.2) is 48.5 Å². The molecule has 1 amide bonds. The van der Waals surface area contributed by atoms with E-state index in [-0.39, 0.29) is 5.91 Å². The molecule has 2 aromatic rings. The molecule has 0 heterocycles. The van der Waals surface area contributed by atoms with Crippen molar-refractivity contribution in [3.63, 3.8) is 0 Å². The molecule has 0 aliphatic rings. The highest BCUT2D eigenvalue weighted by Crippen LogP contribution is 2.20. The number of anilines is 1. The van der Waals surface area contributed by atoms with Gasteiger partial charge in [0.05, 0.1) is 6.61 Å². The third-order valence-electron chi connectivity index (χ3n) is 3.48. The summed E-state index contributed by atoms with van der Waals surface area (Å²) in [6.07, 6.45) is 1.18. The summed E-state index contributed by atoms with van der Waals surface area (Å²) < 4.78 is 5.41. The molecule has 2 aromatic carbocycles. The Morgan fingerprint density at radius 3 is 2.52 bits per heavy atom. The molecule has 0 unspecified atom stereocenters. The Morgan fingerprint density at radius 2 is 1.91 bits per heavy atom. The van der Waals surface area contributed by atoms with Gasteiger partial charge in [-0.3, -0.25) is 4.79 Å². The Balaban J connectivity index is 2.13. The number of hydrogen-bond acceptors (Lipinski definition) is 3. The fraction of sp³-hybridized carbons (Fsp3) is 0.263. The third kappa shape index (κ3) is 4.42. The van der Waals surface area contributed by atoms with Crippen LogP contribution in [0, 0.1) is 6.92 Å². The lowest BCUT2D eigenvalue weighted by atomic mass is 10.1. The van der Waals surface area contributed by atoms with E-state index in [1.807, 2.05) is 38.1 Å². The van der Waals surface area contributed by atoms with Crippen molar-refractivity contribution in [2.45, 2.75) is 20.3 Å². The van der Waals surface area contributed by atoms with Gasteiger partial charge in [-0.2, -0.15) is 0 Å². The molecule has 0 bridgehead atoms. The van der Waals surface area contributed by atoms with Gasteiger partial charge in [-0.05, 0) is 55.8 Å². The van der Waals surface area contributed by atoms with Crippen molar-refractivity contribution in [1.29, 1.82) is 0 Å². The molecule has 0 spiro atoms. The van der Waals surface area contributed by atoms with Gasteiger partial charge in [-0.25, -0.2) is 0 Å². The molecule has 0 atom stereocenters. The van der Waals surface area contributed by atoms with Crippen LogP contribution in [0.5, 0.6) is 5.75 Å². The Kier molecular flexibility index (Phi) is 5.92. The van der Waals surface area contributed by atoms with Crippen LogP contribution in [0.1, 0.15) is 29.3 Å². The first kappa shape index (κ1) is 16.7. The van der Waals surface area contributed by atoms with Crippen molar-refractivity contribution < 1.29 is 14.3 Å². The highest BCUT2D eigenvalue weighted by atomic mass is 16.5. The lowest BCUT2D eigenvalue weighted by Crippen LogP contribution is -2.30. The first-order valence-corrected chi connectivity index (χ1v) is 7.70. The smallest absolute Gasteiger partial charge is 0.258 e. The van der Waals surface area contributed by atoms with E-state index < -0.39 is 0 Å². The third-order valence-corrected chi connectivity index (χ3v) is 3.48. The monoisotopic (exact) mass is 311 g/mol. The second kappa shape index (κ2) is 8.13. The molecule has 4 heteroatoms. The van der Waals surface area contributed by atoms with Crippen molar-refractivity contribution >= 4 is 17.9 Å². The van der Waals surface area contributed by atoms with Gasteiger partial charge in [0, 0.05) is 24.2 Å². The van der Waals surface area contributed by atoms with Crippen molar-refractivity contribution in [2.24, 2.45) is 0 Å². The van der Waals surface area contributed by atoms with Gasteiger partial charge in [0.2, 0.25) is 0 Å². The maximum atomic E-state index is 12.7. The normalized spacial score (nSPS) is 10.2. The Hall–Kier alpha value is -2.62. The zero-order valence-electron chi connectivity index (χ0n) is 13.5. The number of amides is 1. The first-order valence-electron chi connectivity index (χ1n) is 7.70. The van der Waals surface area contributed by atoms with Gasteiger partial charge < -0.3 is 14.4 Å². The molecular formula is C19H21NO3. The van der Waals surface area contributed by atoms with Crippen LogP contribution < -0.4 is 9.64 Å². The maximum Gasteiger partial charge on any atom is 0.258 e. The lowest BCUT2D eigenvalue weighted by molar-refractivity contribution is -0.108. The Labute approximate surface area is 136 Å². The molecule has 0 aliphatic heterocycles. The summed E-state index contributed by atoms with van der Waals surface area (Å²) in [5.41, 5.74) is 2.62. The summed E-state index contributed by atoms with van der Waals surface area (Å²) in [6.45, 7) is 4.91. The zero-order chi connectivity index (χ0) is 16.7. The first-order chi connectivity index (χ1) is 11.2. The predicted octanol–water partition coefficient (Wildman–Crippen LogP) is 3.63. The summed E-state index contributed by atoms with van der Waals surface area (Å²) in [6, 6.07) is 14.9. The fourth-order valence-corrected chi connectivity index (χ4v) is 2.31. The number of rotatable bonds is 7.